The van der Waals surface area contributed by atoms with Crippen molar-refractivity contribution in [1.82, 2.24) is 19.9 Å². The minimum Gasteiger partial charge on any atom is -0.327 e. The van der Waals surface area contributed by atoms with Crippen molar-refractivity contribution < 1.29 is 0 Å². The molecule has 0 aliphatic heterocycles. The van der Waals surface area contributed by atoms with Crippen molar-refractivity contribution in [3.63, 3.8) is 0 Å². The number of rotatable bonds is 2. The van der Waals surface area contributed by atoms with Crippen LogP contribution in [-0.2, 0) is 6.42 Å². The van der Waals surface area contributed by atoms with Crippen LogP contribution in [0, 0.1) is 12.8 Å². The van der Waals surface area contributed by atoms with Crippen molar-refractivity contribution in [3.05, 3.63) is 17.8 Å². The highest BCUT2D eigenvalue weighted by molar-refractivity contribution is 5.72. The summed E-state index contributed by atoms with van der Waals surface area (Å²) in [6.07, 6.45) is 9.54. The molecule has 0 spiro atoms. The lowest BCUT2D eigenvalue weighted by molar-refractivity contribution is 0.355. The van der Waals surface area contributed by atoms with Gasteiger partial charge in [-0.3, -0.25) is 0 Å². The van der Waals surface area contributed by atoms with E-state index in [4.69, 9.17) is 0 Å². The molecule has 1 aliphatic rings. The molecule has 17 heavy (non-hydrogen) atoms. The summed E-state index contributed by atoms with van der Waals surface area (Å²) >= 11 is 0. The van der Waals surface area contributed by atoms with Crippen LogP contribution in [0.15, 0.2) is 6.33 Å². The van der Waals surface area contributed by atoms with Crippen LogP contribution in [0.3, 0.4) is 0 Å². The van der Waals surface area contributed by atoms with Gasteiger partial charge in [0, 0.05) is 0 Å². The Labute approximate surface area is 101 Å². The van der Waals surface area contributed by atoms with Crippen LogP contribution in [0.25, 0.3) is 11.2 Å². The molecule has 0 radical (unpaired) electrons. The Hall–Kier alpha value is -1.45. The van der Waals surface area contributed by atoms with E-state index in [0.29, 0.717) is 0 Å². The standard InChI is InChI=1S/C13H18N4/c1-9-16-12-11(14-8-15-13(12)17-9)7-10-5-3-2-4-6-10/h8,10H,2-7H2,1H3,(H,14,15,16,17). The lowest BCUT2D eigenvalue weighted by atomic mass is 9.86. The fourth-order valence-corrected chi connectivity index (χ4v) is 2.81. The Balaban J connectivity index is 1.88. The van der Waals surface area contributed by atoms with Gasteiger partial charge in [0.05, 0.1) is 5.69 Å². The largest absolute Gasteiger partial charge is 0.327 e. The van der Waals surface area contributed by atoms with Crippen molar-refractivity contribution >= 4 is 11.2 Å². The Morgan fingerprint density at radius 2 is 2.06 bits per heavy atom. The number of nitrogens with one attached hydrogen (secondary N) is 1. The van der Waals surface area contributed by atoms with E-state index in [1.54, 1.807) is 6.33 Å². The maximum atomic E-state index is 4.50. The third kappa shape index (κ3) is 2.16. The molecule has 2 aromatic rings. The molecule has 0 aromatic carbocycles. The van der Waals surface area contributed by atoms with Gasteiger partial charge in [-0.2, -0.15) is 0 Å². The molecule has 0 atom stereocenters. The number of aromatic amines is 1. The first kappa shape index (κ1) is 10.7. The number of H-pyrrole nitrogens is 1. The highest BCUT2D eigenvalue weighted by atomic mass is 15.0. The summed E-state index contributed by atoms with van der Waals surface area (Å²) in [6, 6.07) is 0. The number of fused-ring (bicyclic) bond motifs is 1. The topological polar surface area (TPSA) is 54.5 Å². The average molecular weight is 230 g/mol. The maximum Gasteiger partial charge on any atom is 0.161 e. The van der Waals surface area contributed by atoms with Gasteiger partial charge in [0.2, 0.25) is 0 Å². The highest BCUT2D eigenvalue weighted by Crippen LogP contribution is 2.27. The molecule has 1 aliphatic carbocycles. The summed E-state index contributed by atoms with van der Waals surface area (Å²) < 4.78 is 0. The maximum absolute atomic E-state index is 4.50. The Morgan fingerprint density at radius 1 is 1.24 bits per heavy atom. The van der Waals surface area contributed by atoms with Crippen molar-refractivity contribution in [1.29, 1.82) is 0 Å². The predicted molar refractivity (Wildman–Crippen MR) is 66.7 cm³/mol. The zero-order valence-corrected chi connectivity index (χ0v) is 10.2. The summed E-state index contributed by atoms with van der Waals surface area (Å²) in [5.41, 5.74) is 2.96. The molecule has 0 saturated heterocycles. The highest BCUT2D eigenvalue weighted by Gasteiger charge is 2.17. The van der Waals surface area contributed by atoms with Gasteiger partial charge in [-0.15, -0.1) is 0 Å². The number of aromatic nitrogens is 4. The van der Waals surface area contributed by atoms with Gasteiger partial charge in [-0.25, -0.2) is 15.0 Å². The summed E-state index contributed by atoms with van der Waals surface area (Å²) in [5, 5.41) is 0. The van der Waals surface area contributed by atoms with E-state index in [1.165, 1.54) is 32.1 Å². The number of hydrogen-bond acceptors (Lipinski definition) is 3. The first-order chi connectivity index (χ1) is 8.33. The predicted octanol–water partition coefficient (Wildman–Crippen LogP) is 2.78. The van der Waals surface area contributed by atoms with Crippen LogP contribution in [0.2, 0.25) is 0 Å². The van der Waals surface area contributed by atoms with Gasteiger partial charge < -0.3 is 4.98 Å². The molecule has 2 aromatic heterocycles. The van der Waals surface area contributed by atoms with E-state index in [9.17, 15) is 0 Å². The summed E-state index contributed by atoms with van der Waals surface area (Å²) in [4.78, 5) is 16.3. The Morgan fingerprint density at radius 3 is 2.88 bits per heavy atom. The zero-order valence-electron chi connectivity index (χ0n) is 10.2. The first-order valence-electron chi connectivity index (χ1n) is 6.49. The van der Waals surface area contributed by atoms with Crippen LogP contribution in [-0.4, -0.2) is 19.9 Å². The van der Waals surface area contributed by atoms with E-state index in [1.807, 2.05) is 6.92 Å². The minimum atomic E-state index is 0.791. The number of nitrogens with zero attached hydrogens (tertiary/aromatic N) is 3. The van der Waals surface area contributed by atoms with Gasteiger partial charge in [0.15, 0.2) is 5.65 Å². The number of aryl methyl sites for hydroxylation is 1. The first-order valence-corrected chi connectivity index (χ1v) is 6.49. The zero-order chi connectivity index (χ0) is 11.7. The lowest BCUT2D eigenvalue weighted by Crippen LogP contribution is -2.10. The van der Waals surface area contributed by atoms with E-state index in [2.05, 4.69) is 19.9 Å². The molecule has 1 saturated carbocycles. The molecule has 3 rings (SSSR count). The second-order valence-electron chi connectivity index (χ2n) is 5.05. The van der Waals surface area contributed by atoms with Crippen molar-refractivity contribution in [2.24, 2.45) is 5.92 Å². The second kappa shape index (κ2) is 4.43. The average Bonchev–Trinajstić information content (AvgIpc) is 2.72. The van der Waals surface area contributed by atoms with Gasteiger partial charge in [0.25, 0.3) is 0 Å². The normalized spacial score (nSPS) is 17.7. The van der Waals surface area contributed by atoms with Crippen LogP contribution < -0.4 is 0 Å². The third-order valence-corrected chi connectivity index (χ3v) is 3.68. The quantitative estimate of drug-likeness (QED) is 0.863. The van der Waals surface area contributed by atoms with Crippen LogP contribution in [0.5, 0.6) is 0 Å². The monoisotopic (exact) mass is 230 g/mol. The molecular formula is C13H18N4. The molecule has 0 amide bonds. The van der Waals surface area contributed by atoms with Gasteiger partial charge in [-0.1, -0.05) is 32.1 Å². The van der Waals surface area contributed by atoms with E-state index in [-0.39, 0.29) is 0 Å². The second-order valence-corrected chi connectivity index (χ2v) is 5.05. The van der Waals surface area contributed by atoms with Gasteiger partial charge >= 0.3 is 0 Å². The molecule has 2 heterocycles. The summed E-state index contributed by atoms with van der Waals surface area (Å²) in [7, 11) is 0. The van der Waals surface area contributed by atoms with Gasteiger partial charge in [-0.05, 0) is 19.3 Å². The molecule has 1 N–H and O–H groups in total. The van der Waals surface area contributed by atoms with E-state index < -0.39 is 0 Å². The van der Waals surface area contributed by atoms with E-state index >= 15 is 0 Å². The SMILES string of the molecule is Cc1nc2c(CC3CCCCC3)ncnc2[nH]1. The molecule has 90 valence electrons. The number of hydrogen-bond donors (Lipinski definition) is 1. The van der Waals surface area contributed by atoms with Crippen LogP contribution in [0.4, 0.5) is 0 Å². The van der Waals surface area contributed by atoms with Crippen molar-refractivity contribution in [2.75, 3.05) is 0 Å². The molecule has 0 unspecified atom stereocenters. The summed E-state index contributed by atoms with van der Waals surface area (Å²) in [6.45, 7) is 1.96. The fourth-order valence-electron chi connectivity index (χ4n) is 2.81. The molecular weight excluding hydrogens is 212 g/mol. The summed E-state index contributed by atoms with van der Waals surface area (Å²) in [5.74, 6) is 1.71. The fraction of sp³-hybridized carbons (Fsp3) is 0.615. The lowest BCUT2D eigenvalue weighted by Gasteiger charge is -2.20. The Kier molecular flexibility index (Phi) is 2.79. The van der Waals surface area contributed by atoms with Crippen LogP contribution >= 0.6 is 0 Å². The van der Waals surface area contributed by atoms with Crippen molar-refractivity contribution in [3.8, 4) is 0 Å². The van der Waals surface area contributed by atoms with E-state index in [0.717, 1.165) is 35.0 Å². The molecule has 0 bridgehead atoms. The third-order valence-electron chi connectivity index (χ3n) is 3.68. The molecule has 4 nitrogen and oxygen atoms in total. The minimum absolute atomic E-state index is 0.791. The molecule has 4 heteroatoms. The van der Waals surface area contributed by atoms with Crippen LogP contribution in [0.1, 0.15) is 43.6 Å². The number of imidazole rings is 1. The molecule has 1 fully saturated rings. The van der Waals surface area contributed by atoms with Gasteiger partial charge in [0.1, 0.15) is 17.7 Å². The smallest absolute Gasteiger partial charge is 0.161 e. The Bertz CT molecular complexity index is 511. The van der Waals surface area contributed by atoms with Crippen molar-refractivity contribution in [2.45, 2.75) is 45.4 Å².